The number of nitrogens with two attached hydrogens (primary N) is 1. The number of benzene rings is 1. The van der Waals surface area contributed by atoms with Crippen LogP contribution >= 0.6 is 0 Å². The van der Waals surface area contributed by atoms with E-state index in [1.54, 1.807) is 30.3 Å². The summed E-state index contributed by atoms with van der Waals surface area (Å²) in [5.41, 5.74) is 4.31. The number of carboxylic acid groups (broad SMARTS) is 1. The fraction of sp³-hybridized carbons (Fsp3) is 0.357. The Kier molecular flexibility index (Phi) is 5.29. The number of hydrogen-bond acceptors (Lipinski definition) is 4. The Morgan fingerprint density at radius 2 is 1.86 bits per heavy atom. The number of alkyl carbamates (subject to hydrolysis) is 1. The Bertz CT molecular complexity index is 527. The lowest BCUT2D eigenvalue weighted by Gasteiger charge is -2.23. The van der Waals surface area contributed by atoms with Crippen molar-refractivity contribution in [2.75, 3.05) is 0 Å². The van der Waals surface area contributed by atoms with Crippen LogP contribution < -0.4 is 11.1 Å². The van der Waals surface area contributed by atoms with E-state index in [0.29, 0.717) is 0 Å². The summed E-state index contributed by atoms with van der Waals surface area (Å²) in [7, 11) is 0. The lowest BCUT2D eigenvalue weighted by molar-refractivity contribution is -0.139. The van der Waals surface area contributed by atoms with Crippen molar-refractivity contribution < 1.29 is 24.2 Å². The Hall–Kier alpha value is -2.57. The van der Waals surface area contributed by atoms with Crippen molar-refractivity contribution in [1.82, 2.24) is 5.32 Å². The second-order valence-corrected chi connectivity index (χ2v) is 4.99. The third kappa shape index (κ3) is 5.13. The summed E-state index contributed by atoms with van der Waals surface area (Å²) >= 11 is 0. The van der Waals surface area contributed by atoms with Gasteiger partial charge in [0.05, 0.1) is 0 Å². The number of aliphatic carboxylic acids is 1. The van der Waals surface area contributed by atoms with E-state index in [9.17, 15) is 14.4 Å². The lowest BCUT2D eigenvalue weighted by atomic mass is 10.1. The monoisotopic (exact) mass is 294 g/mol. The Balaban J connectivity index is 2.69. The highest BCUT2D eigenvalue weighted by Crippen LogP contribution is 2.09. The highest BCUT2D eigenvalue weighted by molar-refractivity contribution is 5.86. The molecule has 0 aliphatic carbocycles. The van der Waals surface area contributed by atoms with Crippen LogP contribution in [-0.4, -0.2) is 34.7 Å². The van der Waals surface area contributed by atoms with Crippen LogP contribution in [0.2, 0.25) is 0 Å². The first-order chi connectivity index (χ1) is 9.72. The van der Waals surface area contributed by atoms with Crippen LogP contribution in [0.5, 0.6) is 0 Å². The number of carboxylic acids is 1. The molecule has 0 aliphatic heterocycles. The van der Waals surface area contributed by atoms with Gasteiger partial charge in [-0.25, -0.2) is 9.59 Å². The van der Waals surface area contributed by atoms with Crippen LogP contribution in [0.15, 0.2) is 30.3 Å². The number of nitrogens with one attached hydrogen (secondary N) is 1. The van der Waals surface area contributed by atoms with Crippen LogP contribution in [0.25, 0.3) is 0 Å². The number of amides is 2. The number of carbonyl (C=O) groups excluding carboxylic acids is 2. The van der Waals surface area contributed by atoms with E-state index in [0.717, 1.165) is 5.56 Å². The number of hydrogen-bond donors (Lipinski definition) is 3. The first-order valence-corrected chi connectivity index (χ1v) is 6.28. The van der Waals surface area contributed by atoms with E-state index < -0.39 is 29.6 Å². The van der Waals surface area contributed by atoms with Crippen molar-refractivity contribution in [2.45, 2.75) is 31.9 Å². The van der Waals surface area contributed by atoms with Crippen molar-refractivity contribution >= 4 is 18.0 Å². The molecule has 0 unspecified atom stereocenters. The van der Waals surface area contributed by atoms with Gasteiger partial charge < -0.3 is 20.9 Å². The van der Waals surface area contributed by atoms with Gasteiger partial charge in [-0.15, -0.1) is 0 Å². The molecular weight excluding hydrogens is 276 g/mol. The van der Waals surface area contributed by atoms with E-state index in [-0.39, 0.29) is 6.42 Å². The standard InChI is InChI=1S/C14H18N2O5/c1-14(2,12(15)19)21-13(20)16-10(11(17)18)8-9-6-4-3-5-7-9/h3-7,10H,8H2,1-2H3,(H2,15,19)(H,16,20)(H,17,18)/t10-/m1/s1. The van der Waals surface area contributed by atoms with Gasteiger partial charge in [0.1, 0.15) is 6.04 Å². The maximum Gasteiger partial charge on any atom is 0.408 e. The topological polar surface area (TPSA) is 119 Å². The first kappa shape index (κ1) is 16.5. The van der Waals surface area contributed by atoms with Gasteiger partial charge in [0, 0.05) is 6.42 Å². The molecule has 21 heavy (non-hydrogen) atoms. The predicted octanol–water partition coefficient (Wildman–Crippen LogP) is 0.672. The summed E-state index contributed by atoms with van der Waals surface area (Å²) in [6, 6.07) is 7.66. The second-order valence-electron chi connectivity index (χ2n) is 4.99. The molecule has 114 valence electrons. The molecule has 0 aromatic heterocycles. The van der Waals surface area contributed by atoms with Crippen molar-refractivity contribution in [3.8, 4) is 0 Å². The molecule has 0 saturated heterocycles. The van der Waals surface area contributed by atoms with Crippen LogP contribution in [0, 0.1) is 0 Å². The fourth-order valence-electron chi connectivity index (χ4n) is 1.50. The minimum Gasteiger partial charge on any atom is -0.480 e. The zero-order valence-corrected chi connectivity index (χ0v) is 11.8. The average Bonchev–Trinajstić information content (AvgIpc) is 2.38. The molecule has 2 amide bonds. The smallest absolute Gasteiger partial charge is 0.408 e. The van der Waals surface area contributed by atoms with Gasteiger partial charge >= 0.3 is 12.1 Å². The summed E-state index contributed by atoms with van der Waals surface area (Å²) in [6.45, 7) is 2.64. The number of primary amides is 1. The Morgan fingerprint density at radius 1 is 1.29 bits per heavy atom. The molecule has 0 saturated carbocycles. The highest BCUT2D eigenvalue weighted by Gasteiger charge is 2.31. The van der Waals surface area contributed by atoms with Gasteiger partial charge in [-0.05, 0) is 19.4 Å². The summed E-state index contributed by atoms with van der Waals surface area (Å²) in [5, 5.41) is 11.3. The maximum atomic E-state index is 11.7. The van der Waals surface area contributed by atoms with Gasteiger partial charge in [-0.3, -0.25) is 4.79 Å². The summed E-state index contributed by atoms with van der Waals surface area (Å²) in [5.74, 6) is -2.03. The second kappa shape index (κ2) is 6.74. The van der Waals surface area contributed by atoms with Crippen LogP contribution in [-0.2, 0) is 20.7 Å². The number of rotatable bonds is 6. The highest BCUT2D eigenvalue weighted by atomic mass is 16.6. The van der Waals surface area contributed by atoms with Crippen molar-refractivity contribution in [3.05, 3.63) is 35.9 Å². The van der Waals surface area contributed by atoms with Crippen LogP contribution in [0.4, 0.5) is 4.79 Å². The normalized spacial score (nSPS) is 12.3. The molecule has 0 spiro atoms. The Labute approximate surface area is 122 Å². The van der Waals surface area contributed by atoms with Gasteiger partial charge in [-0.2, -0.15) is 0 Å². The van der Waals surface area contributed by atoms with E-state index in [2.05, 4.69) is 5.32 Å². The largest absolute Gasteiger partial charge is 0.480 e. The maximum absolute atomic E-state index is 11.7. The zero-order chi connectivity index (χ0) is 16.0. The Morgan fingerprint density at radius 3 is 2.33 bits per heavy atom. The molecule has 1 rings (SSSR count). The minimum atomic E-state index is -1.51. The number of ether oxygens (including phenoxy) is 1. The molecule has 0 fully saturated rings. The lowest BCUT2D eigenvalue weighted by Crippen LogP contribution is -2.49. The SMILES string of the molecule is CC(C)(OC(=O)N[C@H](Cc1ccccc1)C(=O)O)C(N)=O. The fourth-order valence-corrected chi connectivity index (χ4v) is 1.50. The quantitative estimate of drug-likeness (QED) is 0.712. The molecule has 0 heterocycles. The molecule has 1 atom stereocenters. The average molecular weight is 294 g/mol. The molecule has 1 aromatic rings. The molecule has 7 nitrogen and oxygen atoms in total. The van der Waals surface area contributed by atoms with Gasteiger partial charge in [-0.1, -0.05) is 30.3 Å². The third-order valence-corrected chi connectivity index (χ3v) is 2.81. The van der Waals surface area contributed by atoms with E-state index in [1.807, 2.05) is 0 Å². The molecule has 0 bridgehead atoms. The molecule has 0 aliphatic rings. The summed E-state index contributed by atoms with van der Waals surface area (Å²) < 4.78 is 4.83. The van der Waals surface area contributed by atoms with E-state index >= 15 is 0 Å². The van der Waals surface area contributed by atoms with Crippen molar-refractivity contribution in [1.29, 1.82) is 0 Å². The van der Waals surface area contributed by atoms with Crippen LogP contribution in [0.3, 0.4) is 0 Å². The minimum absolute atomic E-state index is 0.0995. The van der Waals surface area contributed by atoms with Crippen LogP contribution in [0.1, 0.15) is 19.4 Å². The zero-order valence-electron chi connectivity index (χ0n) is 11.8. The first-order valence-electron chi connectivity index (χ1n) is 6.28. The van der Waals surface area contributed by atoms with Crippen molar-refractivity contribution in [2.24, 2.45) is 5.73 Å². The molecular formula is C14H18N2O5. The van der Waals surface area contributed by atoms with E-state index in [4.69, 9.17) is 15.6 Å². The third-order valence-electron chi connectivity index (χ3n) is 2.81. The molecule has 4 N–H and O–H groups in total. The molecule has 1 aromatic carbocycles. The summed E-state index contributed by atoms with van der Waals surface area (Å²) in [4.78, 5) is 33.9. The molecule has 0 radical (unpaired) electrons. The molecule has 7 heteroatoms. The predicted molar refractivity (Wildman–Crippen MR) is 74.5 cm³/mol. The number of carbonyl (C=O) groups is 3. The van der Waals surface area contributed by atoms with Gasteiger partial charge in [0.2, 0.25) is 0 Å². The summed E-state index contributed by atoms with van der Waals surface area (Å²) in [6.07, 6.45) is -0.912. The van der Waals surface area contributed by atoms with Gasteiger partial charge in [0.15, 0.2) is 5.60 Å². The van der Waals surface area contributed by atoms with Gasteiger partial charge in [0.25, 0.3) is 5.91 Å². The van der Waals surface area contributed by atoms with E-state index in [1.165, 1.54) is 13.8 Å². The van der Waals surface area contributed by atoms with Crippen molar-refractivity contribution in [3.63, 3.8) is 0 Å².